The van der Waals surface area contributed by atoms with Gasteiger partial charge in [0.1, 0.15) is 0 Å². The van der Waals surface area contributed by atoms with Crippen molar-refractivity contribution in [2.45, 2.75) is 53.5 Å². The van der Waals surface area contributed by atoms with Crippen LogP contribution in [0.1, 0.15) is 51.7 Å². The van der Waals surface area contributed by atoms with Crippen LogP contribution in [0.4, 0.5) is 5.69 Å². The molecule has 5 heteroatoms. The van der Waals surface area contributed by atoms with E-state index in [0.29, 0.717) is 12.5 Å². The van der Waals surface area contributed by atoms with Crippen LogP contribution in [-0.4, -0.2) is 37.5 Å². The van der Waals surface area contributed by atoms with E-state index in [2.05, 4.69) is 24.5 Å². The number of aryl methyl sites for hydroxylation is 1. The summed E-state index contributed by atoms with van der Waals surface area (Å²) in [7, 11) is 0. The van der Waals surface area contributed by atoms with E-state index < -0.39 is 0 Å². The van der Waals surface area contributed by atoms with Gasteiger partial charge in [0, 0.05) is 11.7 Å². The average molecular weight is 334 g/mol. The van der Waals surface area contributed by atoms with Crippen molar-refractivity contribution >= 4 is 17.5 Å². The van der Waals surface area contributed by atoms with Crippen molar-refractivity contribution in [1.29, 1.82) is 0 Å². The lowest BCUT2D eigenvalue weighted by atomic mass is 9.98. The standard InChI is InChI=1S/C19H31N3O2/c1-7-22(11-17(23)20-14(4)5)12-18(24)21-19-15(6)9-8-10-16(19)13(2)3/h8-10,13-14H,7,11-12H2,1-6H3,(H,20,23)(H,21,24)/p+1. The van der Waals surface area contributed by atoms with Gasteiger partial charge in [-0.15, -0.1) is 0 Å². The van der Waals surface area contributed by atoms with Crippen LogP contribution in [0.2, 0.25) is 0 Å². The minimum atomic E-state index is -0.0552. The molecular weight excluding hydrogens is 302 g/mol. The zero-order valence-electron chi connectivity index (χ0n) is 15.8. The van der Waals surface area contributed by atoms with E-state index in [1.165, 1.54) is 0 Å². The smallest absolute Gasteiger partial charge is 0.279 e. The highest BCUT2D eigenvalue weighted by molar-refractivity contribution is 5.93. The number of hydrogen-bond acceptors (Lipinski definition) is 2. The van der Waals surface area contributed by atoms with Gasteiger partial charge in [0.2, 0.25) is 0 Å². The second kappa shape index (κ2) is 9.42. The van der Waals surface area contributed by atoms with Gasteiger partial charge in [-0.25, -0.2) is 0 Å². The Morgan fingerprint density at radius 3 is 2.25 bits per heavy atom. The van der Waals surface area contributed by atoms with E-state index in [9.17, 15) is 9.59 Å². The molecule has 24 heavy (non-hydrogen) atoms. The lowest BCUT2D eigenvalue weighted by Gasteiger charge is -2.20. The predicted octanol–water partition coefficient (Wildman–Crippen LogP) is 1.49. The zero-order valence-corrected chi connectivity index (χ0v) is 15.8. The number of amides is 2. The highest BCUT2D eigenvalue weighted by atomic mass is 16.2. The monoisotopic (exact) mass is 334 g/mol. The second-order valence-corrected chi connectivity index (χ2v) is 6.92. The van der Waals surface area contributed by atoms with Crippen LogP contribution in [0.15, 0.2) is 18.2 Å². The third-order valence-corrected chi connectivity index (χ3v) is 3.96. The van der Waals surface area contributed by atoms with Gasteiger partial charge >= 0.3 is 0 Å². The largest absolute Gasteiger partial charge is 0.349 e. The maximum atomic E-state index is 12.4. The minimum Gasteiger partial charge on any atom is -0.349 e. The van der Waals surface area contributed by atoms with Gasteiger partial charge in [0.25, 0.3) is 11.8 Å². The fraction of sp³-hybridized carbons (Fsp3) is 0.579. The Kier molecular flexibility index (Phi) is 7.92. The highest BCUT2D eigenvalue weighted by Gasteiger charge is 2.19. The van der Waals surface area contributed by atoms with Crippen LogP contribution >= 0.6 is 0 Å². The van der Waals surface area contributed by atoms with Gasteiger partial charge in [-0.05, 0) is 44.7 Å². The second-order valence-electron chi connectivity index (χ2n) is 6.92. The molecule has 0 radical (unpaired) electrons. The molecule has 0 heterocycles. The topological polar surface area (TPSA) is 62.6 Å². The molecule has 0 saturated carbocycles. The summed E-state index contributed by atoms with van der Waals surface area (Å²) in [5.41, 5.74) is 3.10. The molecule has 0 saturated heterocycles. The number of hydrogen-bond donors (Lipinski definition) is 3. The van der Waals surface area contributed by atoms with E-state index in [1.807, 2.05) is 45.9 Å². The summed E-state index contributed by atoms with van der Waals surface area (Å²) in [5, 5.41) is 5.92. The molecule has 1 unspecified atom stereocenters. The molecule has 0 spiro atoms. The molecule has 0 aromatic heterocycles. The molecule has 0 aliphatic carbocycles. The molecule has 0 bridgehead atoms. The van der Waals surface area contributed by atoms with Crippen molar-refractivity contribution in [2.24, 2.45) is 0 Å². The summed E-state index contributed by atoms with van der Waals surface area (Å²) in [6, 6.07) is 6.18. The third kappa shape index (κ3) is 6.32. The van der Waals surface area contributed by atoms with Crippen molar-refractivity contribution in [3.8, 4) is 0 Å². The van der Waals surface area contributed by atoms with Crippen LogP contribution < -0.4 is 15.5 Å². The molecule has 1 rings (SSSR count). The average Bonchev–Trinajstić information content (AvgIpc) is 2.47. The van der Waals surface area contributed by atoms with E-state index in [0.717, 1.165) is 28.3 Å². The number of para-hydroxylation sites is 1. The van der Waals surface area contributed by atoms with Crippen molar-refractivity contribution in [1.82, 2.24) is 5.32 Å². The number of likely N-dealkylation sites (N-methyl/N-ethyl adjacent to an activating group) is 1. The number of anilines is 1. The highest BCUT2D eigenvalue weighted by Crippen LogP contribution is 2.27. The molecular formula is C19H32N3O2+. The Morgan fingerprint density at radius 1 is 1.08 bits per heavy atom. The minimum absolute atomic E-state index is 0.0200. The van der Waals surface area contributed by atoms with Crippen LogP contribution in [0.5, 0.6) is 0 Å². The number of carbonyl (C=O) groups is 2. The summed E-state index contributed by atoms with van der Waals surface area (Å²) in [4.78, 5) is 25.3. The summed E-state index contributed by atoms with van der Waals surface area (Å²) in [6.45, 7) is 13.4. The quantitative estimate of drug-likeness (QED) is 0.674. The number of nitrogens with one attached hydrogen (secondary N) is 3. The molecule has 134 valence electrons. The molecule has 0 aliphatic heterocycles. The van der Waals surface area contributed by atoms with E-state index >= 15 is 0 Å². The van der Waals surface area contributed by atoms with Crippen LogP contribution in [0.3, 0.4) is 0 Å². The number of quaternary nitrogens is 1. The van der Waals surface area contributed by atoms with Gasteiger partial charge in [-0.2, -0.15) is 0 Å². The summed E-state index contributed by atoms with van der Waals surface area (Å²) in [6.07, 6.45) is 0. The molecule has 1 aromatic rings. The number of benzene rings is 1. The van der Waals surface area contributed by atoms with Gasteiger partial charge in [0.05, 0.1) is 6.54 Å². The third-order valence-electron chi connectivity index (χ3n) is 3.96. The van der Waals surface area contributed by atoms with E-state index in [-0.39, 0.29) is 24.4 Å². The summed E-state index contributed by atoms with van der Waals surface area (Å²) in [5.74, 6) is 0.264. The fourth-order valence-corrected chi connectivity index (χ4v) is 2.67. The molecule has 0 aliphatic rings. The molecule has 0 fully saturated rings. The maximum absolute atomic E-state index is 12.4. The molecule has 5 nitrogen and oxygen atoms in total. The van der Waals surface area contributed by atoms with Gasteiger partial charge in [0.15, 0.2) is 13.1 Å². The maximum Gasteiger partial charge on any atom is 0.279 e. The van der Waals surface area contributed by atoms with E-state index in [4.69, 9.17) is 0 Å². The first-order chi connectivity index (χ1) is 11.2. The lowest BCUT2D eigenvalue weighted by Crippen LogP contribution is -3.14. The zero-order chi connectivity index (χ0) is 18.3. The molecule has 3 N–H and O–H groups in total. The Labute approximate surface area is 145 Å². The van der Waals surface area contributed by atoms with Crippen molar-refractivity contribution in [3.05, 3.63) is 29.3 Å². The lowest BCUT2D eigenvalue weighted by molar-refractivity contribution is -0.881. The summed E-state index contributed by atoms with van der Waals surface area (Å²) >= 11 is 0. The van der Waals surface area contributed by atoms with Crippen LogP contribution in [-0.2, 0) is 9.59 Å². The summed E-state index contributed by atoms with van der Waals surface area (Å²) < 4.78 is 0. The normalized spacial score (nSPS) is 12.3. The molecule has 2 amide bonds. The number of carbonyl (C=O) groups excluding carboxylic acids is 2. The number of rotatable bonds is 8. The molecule has 1 aromatic carbocycles. The van der Waals surface area contributed by atoms with Crippen molar-refractivity contribution < 1.29 is 14.5 Å². The predicted molar refractivity (Wildman–Crippen MR) is 98.4 cm³/mol. The Bertz CT molecular complexity index is 568. The van der Waals surface area contributed by atoms with E-state index in [1.54, 1.807) is 0 Å². The first kappa shape index (κ1) is 20.2. The van der Waals surface area contributed by atoms with Crippen LogP contribution in [0.25, 0.3) is 0 Å². The first-order valence-corrected chi connectivity index (χ1v) is 8.76. The van der Waals surface area contributed by atoms with Crippen molar-refractivity contribution in [2.75, 3.05) is 25.0 Å². The van der Waals surface area contributed by atoms with Gasteiger partial charge in [-0.1, -0.05) is 32.0 Å². The van der Waals surface area contributed by atoms with Gasteiger partial charge in [-0.3, -0.25) is 9.59 Å². The van der Waals surface area contributed by atoms with Crippen LogP contribution in [0, 0.1) is 6.92 Å². The Balaban J connectivity index is 2.73. The molecule has 1 atom stereocenters. The first-order valence-electron chi connectivity index (χ1n) is 8.76. The van der Waals surface area contributed by atoms with Gasteiger partial charge < -0.3 is 15.5 Å². The SMILES string of the molecule is CC[NH+](CC(=O)Nc1c(C)cccc1C(C)C)CC(=O)NC(C)C. The Morgan fingerprint density at radius 2 is 1.71 bits per heavy atom. The fourth-order valence-electron chi connectivity index (χ4n) is 2.67. The Hall–Kier alpha value is -1.88. The van der Waals surface area contributed by atoms with Crippen molar-refractivity contribution in [3.63, 3.8) is 0 Å².